The molecule has 0 spiro atoms. The van der Waals surface area contributed by atoms with Crippen LogP contribution in [-0.4, -0.2) is 37.8 Å². The Morgan fingerprint density at radius 1 is 1.53 bits per heavy atom. The Labute approximate surface area is 100 Å². The van der Waals surface area contributed by atoms with Gasteiger partial charge in [-0.3, -0.25) is 4.79 Å². The summed E-state index contributed by atoms with van der Waals surface area (Å²) < 4.78 is 1.73. The molecule has 0 amide bonds. The summed E-state index contributed by atoms with van der Waals surface area (Å²) in [5, 5.41) is 25.6. The topological polar surface area (TPSA) is 88.2 Å². The predicted molar refractivity (Wildman–Crippen MR) is 61.8 cm³/mol. The molecule has 0 aliphatic rings. The van der Waals surface area contributed by atoms with Gasteiger partial charge in [-0.15, -0.1) is 5.10 Å². The largest absolute Gasteiger partial charge is 0.481 e. The Bertz CT molecular complexity index is 376. The Kier molecular flexibility index (Phi) is 5.09. The van der Waals surface area contributed by atoms with Gasteiger partial charge in [0.1, 0.15) is 0 Å². The van der Waals surface area contributed by atoms with Crippen LogP contribution in [0.15, 0.2) is 0 Å². The summed E-state index contributed by atoms with van der Waals surface area (Å²) in [5.74, 6) is -0.899. The van der Waals surface area contributed by atoms with Crippen LogP contribution in [0.1, 0.15) is 44.1 Å². The summed E-state index contributed by atoms with van der Waals surface area (Å²) in [6.45, 7) is 4.05. The second-order valence-electron chi connectivity index (χ2n) is 4.11. The van der Waals surface area contributed by atoms with E-state index >= 15 is 0 Å². The van der Waals surface area contributed by atoms with Crippen LogP contribution in [0.2, 0.25) is 0 Å². The van der Waals surface area contributed by atoms with Gasteiger partial charge in [0.15, 0.2) is 0 Å². The zero-order chi connectivity index (χ0) is 12.8. The third-order valence-electron chi connectivity index (χ3n) is 2.64. The molecular formula is C11H19N3O3. The number of carboxylic acids is 1. The lowest BCUT2D eigenvalue weighted by atomic mass is 10.1. The third kappa shape index (κ3) is 3.52. The lowest BCUT2D eigenvalue weighted by Crippen LogP contribution is -2.13. The highest BCUT2D eigenvalue weighted by molar-refractivity contribution is 5.69. The van der Waals surface area contributed by atoms with Crippen molar-refractivity contribution in [3.8, 4) is 0 Å². The molecule has 0 aliphatic carbocycles. The molecule has 2 N–H and O–H groups in total. The maximum atomic E-state index is 10.7. The van der Waals surface area contributed by atoms with Crippen molar-refractivity contribution in [3.63, 3.8) is 0 Å². The lowest BCUT2D eigenvalue weighted by molar-refractivity contribution is -0.136. The van der Waals surface area contributed by atoms with E-state index in [9.17, 15) is 4.79 Å². The zero-order valence-electron chi connectivity index (χ0n) is 10.3. The third-order valence-corrected chi connectivity index (χ3v) is 2.64. The molecule has 1 rings (SSSR count). The smallest absolute Gasteiger partial charge is 0.309 e. The standard InChI is InChI=1S/C11H19N3O3/c1-3-4-10-9(7-11(16)17)12-13-14(10)8(2)5-6-15/h8,15H,3-7H2,1-2H3,(H,16,17). The van der Waals surface area contributed by atoms with Crippen LogP contribution in [0, 0.1) is 0 Å². The maximum Gasteiger partial charge on any atom is 0.309 e. The van der Waals surface area contributed by atoms with Crippen molar-refractivity contribution in [2.24, 2.45) is 0 Å². The minimum absolute atomic E-state index is 0.0385. The average Bonchev–Trinajstić information content (AvgIpc) is 2.62. The number of hydrogen-bond acceptors (Lipinski definition) is 4. The van der Waals surface area contributed by atoms with Gasteiger partial charge in [0.2, 0.25) is 0 Å². The minimum Gasteiger partial charge on any atom is -0.481 e. The van der Waals surface area contributed by atoms with Gasteiger partial charge in [0.25, 0.3) is 0 Å². The van der Waals surface area contributed by atoms with Crippen LogP contribution in [0.4, 0.5) is 0 Å². The summed E-state index contributed by atoms with van der Waals surface area (Å²) in [6, 6.07) is 0.0385. The molecule has 6 heteroatoms. The molecule has 17 heavy (non-hydrogen) atoms. The fourth-order valence-electron chi connectivity index (χ4n) is 1.79. The van der Waals surface area contributed by atoms with E-state index in [1.807, 2.05) is 13.8 Å². The number of aliphatic hydroxyl groups excluding tert-OH is 1. The van der Waals surface area contributed by atoms with Gasteiger partial charge in [-0.1, -0.05) is 18.6 Å². The molecule has 1 heterocycles. The van der Waals surface area contributed by atoms with E-state index in [-0.39, 0.29) is 19.1 Å². The van der Waals surface area contributed by atoms with Gasteiger partial charge in [0, 0.05) is 6.61 Å². The molecule has 0 saturated heterocycles. The van der Waals surface area contributed by atoms with Crippen LogP contribution in [0.25, 0.3) is 0 Å². The van der Waals surface area contributed by atoms with E-state index in [4.69, 9.17) is 10.2 Å². The predicted octanol–water partition coefficient (Wildman–Crippen LogP) is 0.801. The van der Waals surface area contributed by atoms with Gasteiger partial charge in [-0.05, 0) is 19.8 Å². The SMILES string of the molecule is CCCc1c(CC(=O)O)nnn1C(C)CCO. The lowest BCUT2D eigenvalue weighted by Gasteiger charge is -2.13. The van der Waals surface area contributed by atoms with Crippen molar-refractivity contribution in [3.05, 3.63) is 11.4 Å². The highest BCUT2D eigenvalue weighted by Gasteiger charge is 2.17. The first-order valence-corrected chi connectivity index (χ1v) is 5.85. The molecule has 0 aliphatic heterocycles. The van der Waals surface area contributed by atoms with Crippen LogP contribution >= 0.6 is 0 Å². The summed E-state index contributed by atoms with van der Waals surface area (Å²) in [5.41, 5.74) is 1.40. The summed E-state index contributed by atoms with van der Waals surface area (Å²) in [7, 11) is 0. The molecule has 0 aromatic carbocycles. The van der Waals surface area contributed by atoms with E-state index in [1.165, 1.54) is 0 Å². The van der Waals surface area contributed by atoms with E-state index in [2.05, 4.69) is 10.3 Å². The zero-order valence-corrected chi connectivity index (χ0v) is 10.3. The number of carbonyl (C=O) groups is 1. The van der Waals surface area contributed by atoms with Crippen molar-refractivity contribution >= 4 is 5.97 Å². The van der Waals surface area contributed by atoms with Gasteiger partial charge < -0.3 is 10.2 Å². The van der Waals surface area contributed by atoms with Crippen molar-refractivity contribution in [2.75, 3.05) is 6.61 Å². The number of aliphatic hydroxyl groups is 1. The molecule has 1 aromatic rings. The normalized spacial score (nSPS) is 12.6. The second kappa shape index (κ2) is 6.34. The summed E-state index contributed by atoms with van der Waals surface area (Å²) >= 11 is 0. The molecule has 1 aromatic heterocycles. The van der Waals surface area contributed by atoms with Gasteiger partial charge in [-0.25, -0.2) is 4.68 Å². The molecule has 6 nitrogen and oxygen atoms in total. The maximum absolute atomic E-state index is 10.7. The van der Waals surface area contributed by atoms with Crippen LogP contribution in [-0.2, 0) is 17.6 Å². The van der Waals surface area contributed by atoms with Crippen molar-refractivity contribution in [1.82, 2.24) is 15.0 Å². The highest BCUT2D eigenvalue weighted by atomic mass is 16.4. The Morgan fingerprint density at radius 3 is 2.76 bits per heavy atom. The van der Waals surface area contributed by atoms with Gasteiger partial charge in [-0.2, -0.15) is 0 Å². The van der Waals surface area contributed by atoms with Crippen LogP contribution in [0.5, 0.6) is 0 Å². The number of hydrogen-bond donors (Lipinski definition) is 2. The molecular weight excluding hydrogens is 222 g/mol. The summed E-state index contributed by atoms with van der Waals surface area (Å²) in [6.07, 6.45) is 2.16. The van der Waals surface area contributed by atoms with Gasteiger partial charge in [0.05, 0.1) is 23.9 Å². The average molecular weight is 241 g/mol. The molecule has 0 fully saturated rings. The Balaban J connectivity index is 2.96. The minimum atomic E-state index is -0.899. The van der Waals surface area contributed by atoms with Gasteiger partial charge >= 0.3 is 5.97 Å². The van der Waals surface area contributed by atoms with E-state index in [1.54, 1.807) is 4.68 Å². The van der Waals surface area contributed by atoms with Crippen molar-refractivity contribution in [2.45, 2.75) is 45.6 Å². The molecule has 0 bridgehead atoms. The number of carboxylic acid groups (broad SMARTS) is 1. The van der Waals surface area contributed by atoms with Crippen LogP contribution in [0.3, 0.4) is 0 Å². The van der Waals surface area contributed by atoms with E-state index < -0.39 is 5.97 Å². The van der Waals surface area contributed by atoms with E-state index in [0.29, 0.717) is 12.1 Å². The first kappa shape index (κ1) is 13.6. The van der Waals surface area contributed by atoms with Crippen molar-refractivity contribution in [1.29, 1.82) is 0 Å². The molecule has 0 saturated carbocycles. The van der Waals surface area contributed by atoms with Crippen molar-refractivity contribution < 1.29 is 15.0 Å². The quantitative estimate of drug-likeness (QED) is 0.737. The fraction of sp³-hybridized carbons (Fsp3) is 0.727. The monoisotopic (exact) mass is 241 g/mol. The number of rotatable bonds is 7. The molecule has 1 unspecified atom stereocenters. The fourth-order valence-corrected chi connectivity index (χ4v) is 1.79. The first-order valence-electron chi connectivity index (χ1n) is 5.85. The number of nitrogens with zero attached hydrogens (tertiary/aromatic N) is 3. The first-order chi connectivity index (χ1) is 8.10. The Morgan fingerprint density at radius 2 is 2.24 bits per heavy atom. The van der Waals surface area contributed by atoms with Crippen LogP contribution < -0.4 is 0 Å². The molecule has 1 atom stereocenters. The second-order valence-corrected chi connectivity index (χ2v) is 4.11. The summed E-state index contributed by atoms with van der Waals surface area (Å²) in [4.78, 5) is 10.7. The Hall–Kier alpha value is -1.43. The van der Waals surface area contributed by atoms with E-state index in [0.717, 1.165) is 18.5 Å². The number of aromatic nitrogens is 3. The molecule has 0 radical (unpaired) electrons. The molecule has 96 valence electrons. The highest BCUT2D eigenvalue weighted by Crippen LogP contribution is 2.16. The number of aliphatic carboxylic acids is 1.